The number of hydrogen-bond acceptors (Lipinski definition) is 7. The monoisotopic (exact) mass is 529 g/mol. The van der Waals surface area contributed by atoms with E-state index >= 15 is 0 Å². The van der Waals surface area contributed by atoms with Crippen molar-refractivity contribution in [3.8, 4) is 0 Å². The highest BCUT2D eigenvalue weighted by Gasteiger charge is 2.30. The minimum atomic E-state index is -1.52. The Morgan fingerprint density at radius 1 is 1.00 bits per heavy atom. The number of nitro groups is 1. The number of benzene rings is 2. The van der Waals surface area contributed by atoms with Crippen LogP contribution in [0.4, 0.5) is 4.79 Å². The lowest BCUT2D eigenvalue weighted by atomic mass is 10.0. The van der Waals surface area contributed by atoms with E-state index in [0.717, 1.165) is 16.3 Å². The Balaban J connectivity index is 2.25. The van der Waals surface area contributed by atoms with Crippen molar-refractivity contribution >= 4 is 34.6 Å². The molecule has 2 aromatic carbocycles. The van der Waals surface area contributed by atoms with Crippen molar-refractivity contribution < 1.29 is 24.0 Å². The first kappa shape index (κ1) is 29.8. The van der Waals surface area contributed by atoms with Gasteiger partial charge in [0.05, 0.1) is 0 Å². The van der Waals surface area contributed by atoms with E-state index in [-0.39, 0.29) is 19.3 Å². The maximum atomic E-state index is 13.3. The van der Waals surface area contributed by atoms with Crippen molar-refractivity contribution in [2.24, 2.45) is 16.5 Å². The van der Waals surface area contributed by atoms with Crippen LogP contribution in [0.5, 0.6) is 0 Å². The van der Waals surface area contributed by atoms with Gasteiger partial charge in [-0.05, 0) is 43.5 Å². The van der Waals surface area contributed by atoms with Crippen LogP contribution in [0, 0.1) is 10.1 Å². The van der Waals surface area contributed by atoms with Gasteiger partial charge < -0.3 is 32.2 Å². The second kappa shape index (κ2) is 13.2. The number of carbonyl (C=O) groups is 3. The molecule has 13 nitrogen and oxygen atoms in total. The topological polar surface area (TPSA) is 204 Å². The van der Waals surface area contributed by atoms with E-state index in [4.69, 9.17) is 16.2 Å². The summed E-state index contributed by atoms with van der Waals surface area (Å²) in [5.74, 6) is -1.66. The number of nitrogens with zero attached hydrogens (tertiary/aromatic N) is 2. The molecule has 0 radical (unpaired) electrons. The fourth-order valence-electron chi connectivity index (χ4n) is 3.68. The average Bonchev–Trinajstić information content (AvgIpc) is 2.83. The third-order valence-corrected chi connectivity index (χ3v) is 5.40. The Kier molecular flexibility index (Phi) is 10.4. The van der Waals surface area contributed by atoms with Gasteiger partial charge in [0, 0.05) is 24.8 Å². The number of likely N-dealkylation sites (N-methyl/N-ethyl adjacent to an activating group) is 1. The Morgan fingerprint density at radius 3 is 2.24 bits per heavy atom. The molecule has 7 N–H and O–H groups in total. The lowest BCUT2D eigenvalue weighted by Crippen LogP contribution is -2.54. The smallest absolute Gasteiger partial charge is 0.408 e. The number of rotatable bonds is 11. The summed E-state index contributed by atoms with van der Waals surface area (Å²) < 4.78 is 5.24. The summed E-state index contributed by atoms with van der Waals surface area (Å²) in [6.07, 6.45) is -2.73. The molecule has 2 rings (SSSR count). The van der Waals surface area contributed by atoms with E-state index in [0.29, 0.717) is 0 Å². The molecule has 0 aliphatic rings. The van der Waals surface area contributed by atoms with Crippen molar-refractivity contribution in [2.75, 3.05) is 7.05 Å². The summed E-state index contributed by atoms with van der Waals surface area (Å²) in [7, 11) is 1.44. The van der Waals surface area contributed by atoms with Gasteiger partial charge in [0.15, 0.2) is 5.96 Å². The van der Waals surface area contributed by atoms with Crippen LogP contribution in [0.15, 0.2) is 47.5 Å². The molecule has 3 atom stereocenters. The predicted octanol–water partition coefficient (Wildman–Crippen LogP) is 1.16. The van der Waals surface area contributed by atoms with Crippen molar-refractivity contribution in [1.82, 2.24) is 16.0 Å². The highest BCUT2D eigenvalue weighted by molar-refractivity contribution is 5.91. The maximum Gasteiger partial charge on any atom is 0.408 e. The minimum absolute atomic E-state index is 0.168. The van der Waals surface area contributed by atoms with E-state index in [2.05, 4.69) is 20.9 Å². The molecule has 0 bridgehead atoms. The van der Waals surface area contributed by atoms with E-state index in [1.54, 1.807) is 20.8 Å². The van der Waals surface area contributed by atoms with Gasteiger partial charge in [-0.1, -0.05) is 42.5 Å². The van der Waals surface area contributed by atoms with Crippen LogP contribution in [0.2, 0.25) is 0 Å². The van der Waals surface area contributed by atoms with Crippen LogP contribution in [-0.4, -0.2) is 59.7 Å². The fraction of sp³-hybridized carbons (Fsp3) is 0.440. The van der Waals surface area contributed by atoms with Gasteiger partial charge in [0.25, 0.3) is 0 Å². The molecule has 3 amide bonds. The molecular weight excluding hydrogens is 494 g/mol. The molecular formula is C25H35N7O6. The Hall–Kier alpha value is -4.42. The lowest BCUT2D eigenvalue weighted by Gasteiger charge is -2.25. The molecule has 0 spiro atoms. The van der Waals surface area contributed by atoms with Gasteiger partial charge in [-0.3, -0.25) is 19.7 Å². The van der Waals surface area contributed by atoms with Crippen LogP contribution < -0.4 is 27.4 Å². The van der Waals surface area contributed by atoms with Gasteiger partial charge in [0.1, 0.15) is 17.7 Å². The first-order valence-electron chi connectivity index (χ1n) is 12.0. The standard InChI is InChI=1S/C25H35N7O6/c1-25(2,3)38-24(35)30-18(11-12-20(32(36)37)31-23(26)27)22(34)29-19(21(33)28-4)14-15-9-10-16-7-5-6-8-17(16)13-15/h5-10,13,18-20H,11-12,14H2,1-4H3,(H,28,33)(H,29,34)(H,30,35)(H4,26,27,31)/t18-,19+,20?/m1/s1. The minimum Gasteiger partial charge on any atom is -0.444 e. The molecule has 2 aromatic rings. The molecule has 206 valence electrons. The molecule has 0 aliphatic heterocycles. The van der Waals surface area contributed by atoms with Gasteiger partial charge in [-0.25, -0.2) is 4.79 Å². The van der Waals surface area contributed by atoms with E-state index in [1.165, 1.54) is 7.05 Å². The number of nitrogens with one attached hydrogen (secondary N) is 3. The highest BCUT2D eigenvalue weighted by atomic mass is 16.6. The van der Waals surface area contributed by atoms with Gasteiger partial charge in [-0.15, -0.1) is 0 Å². The zero-order valence-electron chi connectivity index (χ0n) is 21.9. The third kappa shape index (κ3) is 9.56. The van der Waals surface area contributed by atoms with Crippen molar-refractivity contribution in [1.29, 1.82) is 0 Å². The molecule has 0 aliphatic carbocycles. The second-order valence-electron chi connectivity index (χ2n) is 9.66. The Bertz CT molecular complexity index is 1190. The van der Waals surface area contributed by atoms with Crippen LogP contribution in [0.25, 0.3) is 10.8 Å². The number of aliphatic imine (C=N–C) groups is 1. The zero-order valence-corrected chi connectivity index (χ0v) is 21.9. The van der Waals surface area contributed by atoms with Crippen LogP contribution >= 0.6 is 0 Å². The summed E-state index contributed by atoms with van der Waals surface area (Å²) >= 11 is 0. The summed E-state index contributed by atoms with van der Waals surface area (Å²) in [6, 6.07) is 11.2. The van der Waals surface area contributed by atoms with E-state index in [1.807, 2.05) is 42.5 Å². The molecule has 13 heteroatoms. The largest absolute Gasteiger partial charge is 0.444 e. The van der Waals surface area contributed by atoms with Crippen LogP contribution in [-0.2, 0) is 20.7 Å². The molecule has 0 heterocycles. The number of fused-ring (bicyclic) bond motifs is 1. The number of amides is 3. The van der Waals surface area contributed by atoms with E-state index in [9.17, 15) is 24.5 Å². The summed E-state index contributed by atoms with van der Waals surface area (Å²) in [5, 5.41) is 21.0. The summed E-state index contributed by atoms with van der Waals surface area (Å²) in [5.41, 5.74) is 10.5. The van der Waals surface area contributed by atoms with Crippen molar-refractivity contribution in [2.45, 2.75) is 63.9 Å². The lowest BCUT2D eigenvalue weighted by molar-refractivity contribution is -0.521. The van der Waals surface area contributed by atoms with Gasteiger partial charge in [0.2, 0.25) is 11.8 Å². The fourth-order valence-corrected chi connectivity index (χ4v) is 3.68. The van der Waals surface area contributed by atoms with Crippen molar-refractivity contribution in [3.05, 3.63) is 58.1 Å². The van der Waals surface area contributed by atoms with Gasteiger partial charge in [-0.2, -0.15) is 4.99 Å². The molecule has 1 unspecified atom stereocenters. The number of ether oxygens (including phenoxy) is 1. The Labute approximate surface area is 220 Å². The normalized spacial score (nSPS) is 13.5. The SMILES string of the molecule is CNC(=O)[C@H](Cc1ccc2ccccc2c1)NC(=O)[C@@H](CCC(N=C(N)N)[N+](=O)[O-])NC(=O)OC(C)(C)C. The number of guanidine groups is 1. The number of hydrogen-bond donors (Lipinski definition) is 5. The highest BCUT2D eigenvalue weighted by Crippen LogP contribution is 2.17. The summed E-state index contributed by atoms with van der Waals surface area (Å²) in [6.45, 7) is 4.94. The number of nitrogens with two attached hydrogens (primary N) is 2. The van der Waals surface area contributed by atoms with Crippen molar-refractivity contribution in [3.63, 3.8) is 0 Å². The molecule has 38 heavy (non-hydrogen) atoms. The van der Waals surface area contributed by atoms with Crippen LogP contribution in [0.1, 0.15) is 39.2 Å². The van der Waals surface area contributed by atoms with E-state index < -0.39 is 52.6 Å². The molecule has 0 saturated carbocycles. The van der Waals surface area contributed by atoms with Crippen LogP contribution in [0.3, 0.4) is 0 Å². The quantitative estimate of drug-likeness (QED) is 0.123. The average molecular weight is 530 g/mol. The van der Waals surface area contributed by atoms with Gasteiger partial charge >= 0.3 is 12.3 Å². The second-order valence-corrected chi connectivity index (χ2v) is 9.66. The summed E-state index contributed by atoms with van der Waals surface area (Å²) in [4.78, 5) is 52.6. The number of alkyl carbamates (subject to hydrolysis) is 1. The first-order chi connectivity index (χ1) is 17.8. The maximum absolute atomic E-state index is 13.3. The number of carbonyl (C=O) groups excluding carboxylic acids is 3. The first-order valence-corrected chi connectivity index (χ1v) is 12.0. The molecule has 0 aromatic heterocycles. The predicted molar refractivity (Wildman–Crippen MR) is 143 cm³/mol. The third-order valence-electron chi connectivity index (χ3n) is 5.40. The molecule has 0 saturated heterocycles. The molecule has 0 fully saturated rings. The zero-order chi connectivity index (χ0) is 28.5. The Morgan fingerprint density at radius 2 is 1.66 bits per heavy atom.